The van der Waals surface area contributed by atoms with Gasteiger partial charge in [0.25, 0.3) is 5.56 Å². The summed E-state index contributed by atoms with van der Waals surface area (Å²) in [6, 6.07) is 7.80. The van der Waals surface area contributed by atoms with Gasteiger partial charge in [-0.05, 0) is 24.0 Å². The molecule has 0 fully saturated rings. The van der Waals surface area contributed by atoms with E-state index >= 15 is 0 Å². The Balaban J connectivity index is 2.55. The predicted octanol–water partition coefficient (Wildman–Crippen LogP) is 2.36. The number of aromatic amines is 1. The summed E-state index contributed by atoms with van der Waals surface area (Å²) in [5.74, 6) is 0. The fourth-order valence-electron chi connectivity index (χ4n) is 2.26. The summed E-state index contributed by atoms with van der Waals surface area (Å²) in [5.41, 5.74) is 1.77. The number of H-pyrrole nitrogens is 1. The molecule has 0 radical (unpaired) electrons. The van der Waals surface area contributed by atoms with Crippen molar-refractivity contribution in [2.24, 2.45) is 0 Å². The van der Waals surface area contributed by atoms with E-state index in [9.17, 15) is 9.59 Å². The van der Waals surface area contributed by atoms with Gasteiger partial charge in [-0.3, -0.25) is 14.3 Å². The van der Waals surface area contributed by atoms with E-state index in [0.717, 1.165) is 17.5 Å². The first-order valence-electron chi connectivity index (χ1n) is 6.66. The van der Waals surface area contributed by atoms with Gasteiger partial charge in [-0.2, -0.15) is 0 Å². The Morgan fingerprint density at radius 2 is 1.75 bits per heavy atom. The van der Waals surface area contributed by atoms with Crippen molar-refractivity contribution in [3.8, 4) is 0 Å². The van der Waals surface area contributed by atoms with E-state index in [4.69, 9.17) is 11.6 Å². The fraction of sp³-hybridized carbons (Fsp3) is 0.333. The average molecular weight is 293 g/mol. The van der Waals surface area contributed by atoms with Gasteiger partial charge >= 0.3 is 5.69 Å². The van der Waals surface area contributed by atoms with Crippen molar-refractivity contribution in [2.45, 2.75) is 33.2 Å². The second-order valence-corrected chi connectivity index (χ2v) is 4.97. The smallest absolute Gasteiger partial charge is 0.297 e. The topological polar surface area (TPSA) is 54.9 Å². The number of hydrogen-bond donors (Lipinski definition) is 1. The van der Waals surface area contributed by atoms with E-state index in [1.807, 2.05) is 38.1 Å². The molecule has 0 aliphatic heterocycles. The molecular formula is C15H17ClN2O2. The second kappa shape index (κ2) is 6.09. The predicted molar refractivity (Wildman–Crippen MR) is 80.6 cm³/mol. The molecule has 20 heavy (non-hydrogen) atoms. The zero-order valence-electron chi connectivity index (χ0n) is 11.6. The maximum Gasteiger partial charge on any atom is 0.329 e. The number of aromatic nitrogens is 2. The molecule has 106 valence electrons. The molecule has 2 aromatic rings. The molecule has 0 saturated heterocycles. The van der Waals surface area contributed by atoms with Gasteiger partial charge in [0, 0.05) is 0 Å². The van der Waals surface area contributed by atoms with E-state index < -0.39 is 5.69 Å². The molecule has 0 unspecified atom stereocenters. The van der Waals surface area contributed by atoms with Gasteiger partial charge in [-0.25, -0.2) is 4.79 Å². The lowest BCUT2D eigenvalue weighted by atomic mass is 10.1. The molecule has 0 bridgehead atoms. The molecule has 0 spiro atoms. The van der Waals surface area contributed by atoms with Crippen LogP contribution in [0.1, 0.15) is 30.5 Å². The first-order chi connectivity index (χ1) is 9.58. The van der Waals surface area contributed by atoms with Crippen LogP contribution >= 0.6 is 11.6 Å². The number of benzene rings is 1. The molecule has 1 aromatic carbocycles. The van der Waals surface area contributed by atoms with Crippen LogP contribution in [0.4, 0.5) is 0 Å². The number of nitrogens with one attached hydrogen (secondary N) is 1. The SMILES string of the molecule is CCc1ccccc1Cn1c(=O)[nH]c(Cl)c(CC)c1=O. The monoisotopic (exact) mass is 292 g/mol. The normalized spacial score (nSPS) is 10.8. The lowest BCUT2D eigenvalue weighted by Gasteiger charge is -2.11. The van der Waals surface area contributed by atoms with Gasteiger partial charge in [0.15, 0.2) is 0 Å². The minimum absolute atomic E-state index is 0.141. The van der Waals surface area contributed by atoms with Crippen LogP contribution in [0.5, 0.6) is 0 Å². The first-order valence-corrected chi connectivity index (χ1v) is 7.04. The Bertz CT molecular complexity index is 731. The third-order valence-corrected chi connectivity index (χ3v) is 3.73. The average Bonchev–Trinajstić information content (AvgIpc) is 2.44. The van der Waals surface area contributed by atoms with Crippen LogP contribution in [-0.4, -0.2) is 9.55 Å². The third-order valence-electron chi connectivity index (χ3n) is 3.41. The van der Waals surface area contributed by atoms with E-state index in [1.54, 1.807) is 0 Å². The summed E-state index contributed by atoms with van der Waals surface area (Å²) < 4.78 is 1.21. The third kappa shape index (κ3) is 2.70. The van der Waals surface area contributed by atoms with Crippen molar-refractivity contribution in [1.82, 2.24) is 9.55 Å². The molecule has 0 aliphatic rings. The molecule has 0 atom stereocenters. The van der Waals surface area contributed by atoms with Crippen molar-refractivity contribution < 1.29 is 0 Å². The van der Waals surface area contributed by atoms with E-state index in [-0.39, 0.29) is 17.3 Å². The molecule has 0 aliphatic carbocycles. The van der Waals surface area contributed by atoms with E-state index in [1.165, 1.54) is 4.57 Å². The number of hydrogen-bond acceptors (Lipinski definition) is 2. The lowest BCUT2D eigenvalue weighted by Crippen LogP contribution is -2.37. The van der Waals surface area contributed by atoms with Crippen LogP contribution < -0.4 is 11.2 Å². The van der Waals surface area contributed by atoms with E-state index in [0.29, 0.717) is 12.0 Å². The molecule has 4 nitrogen and oxygen atoms in total. The Hall–Kier alpha value is -1.81. The molecule has 0 amide bonds. The molecule has 5 heteroatoms. The summed E-state index contributed by atoms with van der Waals surface area (Å²) in [7, 11) is 0. The first kappa shape index (κ1) is 14.6. The van der Waals surface area contributed by atoms with E-state index in [2.05, 4.69) is 4.98 Å². The Morgan fingerprint density at radius 1 is 1.10 bits per heavy atom. The van der Waals surface area contributed by atoms with Gasteiger partial charge in [0.1, 0.15) is 5.15 Å². The number of rotatable bonds is 4. The van der Waals surface area contributed by atoms with Crippen molar-refractivity contribution in [3.05, 3.63) is 66.9 Å². The van der Waals surface area contributed by atoms with Crippen LogP contribution in [0, 0.1) is 0 Å². The molecule has 1 N–H and O–H groups in total. The van der Waals surface area contributed by atoms with Crippen molar-refractivity contribution in [3.63, 3.8) is 0 Å². The van der Waals surface area contributed by atoms with Crippen LogP contribution in [-0.2, 0) is 19.4 Å². The van der Waals surface area contributed by atoms with Crippen LogP contribution in [0.15, 0.2) is 33.9 Å². The van der Waals surface area contributed by atoms with Gasteiger partial charge in [-0.1, -0.05) is 49.7 Å². The largest absolute Gasteiger partial charge is 0.329 e. The van der Waals surface area contributed by atoms with Crippen LogP contribution in [0.3, 0.4) is 0 Å². The number of halogens is 1. The Kier molecular flexibility index (Phi) is 4.45. The molecule has 1 aromatic heterocycles. The summed E-state index contributed by atoms with van der Waals surface area (Å²) in [4.78, 5) is 26.8. The van der Waals surface area contributed by atoms with Crippen molar-refractivity contribution in [2.75, 3.05) is 0 Å². The standard InChI is InChI=1S/C15H17ClN2O2/c1-3-10-7-5-6-8-11(10)9-18-14(19)12(4-2)13(16)17-15(18)20/h5-8H,3-4,9H2,1-2H3,(H,17,20). The molecular weight excluding hydrogens is 276 g/mol. The zero-order valence-corrected chi connectivity index (χ0v) is 12.3. The molecule has 2 rings (SSSR count). The van der Waals surface area contributed by atoms with Crippen LogP contribution in [0.2, 0.25) is 5.15 Å². The van der Waals surface area contributed by atoms with Crippen molar-refractivity contribution in [1.29, 1.82) is 0 Å². The van der Waals surface area contributed by atoms with Crippen LogP contribution in [0.25, 0.3) is 0 Å². The highest BCUT2D eigenvalue weighted by molar-refractivity contribution is 6.30. The Morgan fingerprint density at radius 3 is 2.35 bits per heavy atom. The maximum absolute atomic E-state index is 12.3. The summed E-state index contributed by atoms with van der Waals surface area (Å²) in [6.45, 7) is 4.15. The minimum atomic E-state index is -0.469. The summed E-state index contributed by atoms with van der Waals surface area (Å²) in [6.07, 6.45) is 1.35. The quantitative estimate of drug-likeness (QED) is 0.880. The number of aryl methyl sites for hydroxylation is 1. The Labute approximate surface area is 122 Å². The number of nitrogens with zero attached hydrogens (tertiary/aromatic N) is 1. The highest BCUT2D eigenvalue weighted by Crippen LogP contribution is 2.11. The zero-order chi connectivity index (χ0) is 14.7. The van der Waals surface area contributed by atoms with Gasteiger partial charge in [-0.15, -0.1) is 0 Å². The maximum atomic E-state index is 12.3. The van der Waals surface area contributed by atoms with Gasteiger partial charge < -0.3 is 0 Å². The second-order valence-electron chi connectivity index (χ2n) is 4.59. The highest BCUT2D eigenvalue weighted by Gasteiger charge is 2.12. The molecule has 0 saturated carbocycles. The van der Waals surface area contributed by atoms with Gasteiger partial charge in [0.2, 0.25) is 0 Å². The minimum Gasteiger partial charge on any atom is -0.297 e. The summed E-state index contributed by atoms with van der Waals surface area (Å²) >= 11 is 5.90. The highest BCUT2D eigenvalue weighted by atomic mass is 35.5. The lowest BCUT2D eigenvalue weighted by molar-refractivity contribution is 0.681. The summed E-state index contributed by atoms with van der Waals surface area (Å²) in [5, 5.41) is 0.141. The fourth-order valence-corrected chi connectivity index (χ4v) is 2.56. The van der Waals surface area contributed by atoms with Gasteiger partial charge in [0.05, 0.1) is 12.1 Å². The van der Waals surface area contributed by atoms with Crippen molar-refractivity contribution >= 4 is 11.6 Å². The molecule has 1 heterocycles.